The van der Waals surface area contributed by atoms with Crippen molar-refractivity contribution in [1.29, 1.82) is 0 Å². The number of ether oxygens (including phenoxy) is 1. The van der Waals surface area contributed by atoms with Crippen LogP contribution in [-0.4, -0.2) is 43.7 Å². The van der Waals surface area contributed by atoms with Gasteiger partial charge in [-0.1, -0.05) is 47.5 Å². The zero-order valence-electron chi connectivity index (χ0n) is 15.0. The summed E-state index contributed by atoms with van der Waals surface area (Å²) in [5.74, 6) is -0.0228. The van der Waals surface area contributed by atoms with Crippen molar-refractivity contribution in [2.45, 2.75) is 19.9 Å². The van der Waals surface area contributed by atoms with Crippen LogP contribution < -0.4 is 5.32 Å². The van der Waals surface area contributed by atoms with Gasteiger partial charge in [-0.15, -0.1) is 0 Å². The first kappa shape index (κ1) is 17.6. The third kappa shape index (κ3) is 4.68. The van der Waals surface area contributed by atoms with Crippen LogP contribution in [0, 0.1) is 13.8 Å². The highest BCUT2D eigenvalue weighted by atomic mass is 16.5. The molecule has 132 valence electrons. The van der Waals surface area contributed by atoms with E-state index in [0.29, 0.717) is 12.1 Å². The molecule has 4 heteroatoms. The summed E-state index contributed by atoms with van der Waals surface area (Å²) in [5, 5.41) is 3.11. The smallest absolute Gasteiger partial charge is 0.251 e. The van der Waals surface area contributed by atoms with E-state index in [2.05, 4.69) is 41.4 Å². The molecule has 1 N–H and O–H groups in total. The number of benzene rings is 2. The van der Waals surface area contributed by atoms with E-state index in [4.69, 9.17) is 4.74 Å². The summed E-state index contributed by atoms with van der Waals surface area (Å²) in [6, 6.07) is 16.4. The van der Waals surface area contributed by atoms with Gasteiger partial charge in [-0.25, -0.2) is 0 Å². The van der Waals surface area contributed by atoms with E-state index in [1.165, 1.54) is 11.1 Å². The zero-order chi connectivity index (χ0) is 17.6. The maximum atomic E-state index is 12.5. The first-order valence-corrected chi connectivity index (χ1v) is 8.87. The predicted molar refractivity (Wildman–Crippen MR) is 99.8 cm³/mol. The summed E-state index contributed by atoms with van der Waals surface area (Å²) in [6.45, 7) is 7.97. The van der Waals surface area contributed by atoms with Crippen molar-refractivity contribution in [2.75, 3.05) is 32.8 Å². The van der Waals surface area contributed by atoms with E-state index in [1.54, 1.807) is 0 Å². The highest BCUT2D eigenvalue weighted by Crippen LogP contribution is 2.22. The van der Waals surface area contributed by atoms with E-state index in [1.807, 2.05) is 31.2 Å². The molecule has 0 spiro atoms. The van der Waals surface area contributed by atoms with E-state index in [9.17, 15) is 4.79 Å². The zero-order valence-corrected chi connectivity index (χ0v) is 15.0. The fourth-order valence-electron chi connectivity index (χ4n) is 3.13. The molecule has 0 saturated carbocycles. The minimum absolute atomic E-state index is 0.0228. The fraction of sp³-hybridized carbons (Fsp3) is 0.381. The van der Waals surface area contributed by atoms with Crippen molar-refractivity contribution in [3.05, 3.63) is 70.8 Å². The van der Waals surface area contributed by atoms with Gasteiger partial charge in [0.25, 0.3) is 5.91 Å². The minimum atomic E-state index is -0.0228. The van der Waals surface area contributed by atoms with Gasteiger partial charge >= 0.3 is 0 Å². The number of amides is 1. The van der Waals surface area contributed by atoms with Crippen LogP contribution in [-0.2, 0) is 4.74 Å². The molecule has 25 heavy (non-hydrogen) atoms. The second kappa shape index (κ2) is 8.28. The third-order valence-electron chi connectivity index (χ3n) is 4.72. The average Bonchev–Trinajstić information content (AvgIpc) is 2.64. The van der Waals surface area contributed by atoms with E-state index < -0.39 is 0 Å². The van der Waals surface area contributed by atoms with Crippen LogP contribution >= 0.6 is 0 Å². The molecule has 0 bridgehead atoms. The first-order chi connectivity index (χ1) is 12.1. The lowest BCUT2D eigenvalue weighted by atomic mass is 10.0. The first-order valence-electron chi connectivity index (χ1n) is 8.87. The standard InChI is InChI=1S/C21H26N2O2/c1-16-3-7-18(8-4-16)20(23-11-13-25-14-12-23)15-22-21(24)19-9-5-17(2)6-10-19/h3-10,20H,11-15H2,1-2H3,(H,22,24). The monoisotopic (exact) mass is 338 g/mol. The molecule has 2 aromatic carbocycles. The summed E-state index contributed by atoms with van der Waals surface area (Å²) < 4.78 is 5.48. The maximum Gasteiger partial charge on any atom is 0.251 e. The van der Waals surface area contributed by atoms with E-state index in [0.717, 1.165) is 31.9 Å². The van der Waals surface area contributed by atoms with Crippen molar-refractivity contribution >= 4 is 5.91 Å². The molecule has 1 unspecified atom stereocenters. The Morgan fingerprint density at radius 3 is 2.16 bits per heavy atom. The Balaban J connectivity index is 1.71. The molecule has 3 rings (SSSR count). The highest BCUT2D eigenvalue weighted by Gasteiger charge is 2.23. The molecule has 0 aromatic heterocycles. The van der Waals surface area contributed by atoms with Crippen LogP contribution in [0.5, 0.6) is 0 Å². The topological polar surface area (TPSA) is 41.6 Å². The second-order valence-electron chi connectivity index (χ2n) is 6.65. The Morgan fingerprint density at radius 2 is 1.56 bits per heavy atom. The fourth-order valence-corrected chi connectivity index (χ4v) is 3.13. The third-order valence-corrected chi connectivity index (χ3v) is 4.72. The molecule has 0 aliphatic carbocycles. The molecule has 1 saturated heterocycles. The van der Waals surface area contributed by atoms with E-state index >= 15 is 0 Å². The number of nitrogens with zero attached hydrogens (tertiary/aromatic N) is 1. The van der Waals surface area contributed by atoms with Gasteiger partial charge in [0.15, 0.2) is 0 Å². The van der Waals surface area contributed by atoms with Gasteiger partial charge in [-0.05, 0) is 31.5 Å². The largest absolute Gasteiger partial charge is 0.379 e. The van der Waals surface area contributed by atoms with E-state index in [-0.39, 0.29) is 11.9 Å². The van der Waals surface area contributed by atoms with Gasteiger partial charge in [-0.3, -0.25) is 9.69 Å². The van der Waals surface area contributed by atoms with Crippen LogP contribution in [0.3, 0.4) is 0 Å². The summed E-state index contributed by atoms with van der Waals surface area (Å²) >= 11 is 0. The van der Waals surface area contributed by atoms with Crippen molar-refractivity contribution in [3.8, 4) is 0 Å². The number of hydrogen-bond donors (Lipinski definition) is 1. The van der Waals surface area contributed by atoms with Crippen LogP contribution in [0.15, 0.2) is 48.5 Å². The Kier molecular flexibility index (Phi) is 5.84. The number of rotatable bonds is 5. The van der Waals surface area contributed by atoms with Crippen molar-refractivity contribution in [1.82, 2.24) is 10.2 Å². The number of carbonyl (C=O) groups excluding carboxylic acids is 1. The number of hydrogen-bond acceptors (Lipinski definition) is 3. The molecule has 1 aliphatic heterocycles. The van der Waals surface area contributed by atoms with Crippen LogP contribution in [0.1, 0.15) is 33.1 Å². The quantitative estimate of drug-likeness (QED) is 0.911. The molecule has 1 atom stereocenters. The van der Waals surface area contributed by atoms with Gasteiger partial charge in [0.05, 0.1) is 19.3 Å². The molecule has 1 amide bonds. The molecule has 1 aliphatic rings. The second-order valence-corrected chi connectivity index (χ2v) is 6.65. The molecule has 2 aromatic rings. The Labute approximate surface area is 149 Å². The summed E-state index contributed by atoms with van der Waals surface area (Å²) in [4.78, 5) is 14.9. The average molecular weight is 338 g/mol. The van der Waals surface area contributed by atoms with Gasteiger partial charge in [0.1, 0.15) is 0 Å². The van der Waals surface area contributed by atoms with Gasteiger partial charge < -0.3 is 10.1 Å². The molecular formula is C21H26N2O2. The Hall–Kier alpha value is -2.17. The number of nitrogens with one attached hydrogen (secondary N) is 1. The molecule has 0 radical (unpaired) electrons. The molecular weight excluding hydrogens is 312 g/mol. The van der Waals surface area contributed by atoms with Crippen molar-refractivity contribution in [3.63, 3.8) is 0 Å². The lowest BCUT2D eigenvalue weighted by Crippen LogP contribution is -2.43. The summed E-state index contributed by atoms with van der Waals surface area (Å²) in [7, 11) is 0. The van der Waals surface area contributed by atoms with Crippen LogP contribution in [0.25, 0.3) is 0 Å². The number of carbonyl (C=O) groups is 1. The van der Waals surface area contributed by atoms with Crippen molar-refractivity contribution in [2.24, 2.45) is 0 Å². The SMILES string of the molecule is Cc1ccc(C(=O)NCC(c2ccc(C)cc2)N2CCOCC2)cc1. The highest BCUT2D eigenvalue weighted by molar-refractivity contribution is 5.94. The minimum Gasteiger partial charge on any atom is -0.379 e. The van der Waals surface area contributed by atoms with Gasteiger partial charge in [0, 0.05) is 25.2 Å². The molecule has 1 fully saturated rings. The normalized spacial score (nSPS) is 16.4. The molecule has 4 nitrogen and oxygen atoms in total. The summed E-state index contributed by atoms with van der Waals surface area (Å²) in [6.07, 6.45) is 0. The lowest BCUT2D eigenvalue weighted by Gasteiger charge is -2.35. The van der Waals surface area contributed by atoms with Crippen LogP contribution in [0.4, 0.5) is 0 Å². The molecule has 1 heterocycles. The van der Waals surface area contributed by atoms with Crippen LogP contribution in [0.2, 0.25) is 0 Å². The maximum absolute atomic E-state index is 12.5. The number of aryl methyl sites for hydroxylation is 2. The number of morpholine rings is 1. The van der Waals surface area contributed by atoms with Gasteiger partial charge in [0.2, 0.25) is 0 Å². The Morgan fingerprint density at radius 1 is 1.00 bits per heavy atom. The van der Waals surface area contributed by atoms with Crippen molar-refractivity contribution < 1.29 is 9.53 Å². The predicted octanol–water partition coefficient (Wildman–Crippen LogP) is 3.11. The van der Waals surface area contributed by atoms with Gasteiger partial charge in [-0.2, -0.15) is 0 Å². The lowest BCUT2D eigenvalue weighted by molar-refractivity contribution is 0.0162. The summed E-state index contributed by atoms with van der Waals surface area (Å²) in [5.41, 5.74) is 4.34. The Bertz CT molecular complexity index is 689.